The number of hydrogen-bond donors (Lipinski definition) is 0. The minimum atomic E-state index is -3.63. The molecule has 0 spiro atoms. The van der Waals surface area contributed by atoms with E-state index in [0.29, 0.717) is 23.0 Å². The number of thiazole rings is 1. The molecule has 2 aromatic carbocycles. The Morgan fingerprint density at radius 2 is 1.69 bits per heavy atom. The summed E-state index contributed by atoms with van der Waals surface area (Å²) in [5.74, 6) is 0.467. The largest absolute Gasteiger partial charge is 0.494 e. The van der Waals surface area contributed by atoms with Gasteiger partial charge in [-0.25, -0.2) is 13.4 Å². The summed E-state index contributed by atoms with van der Waals surface area (Å²) in [6.07, 6.45) is 5.82. The first-order valence-corrected chi connectivity index (χ1v) is 15.4. The summed E-state index contributed by atoms with van der Waals surface area (Å²) in [4.78, 5) is 22.6. The number of nitrogens with zero attached hydrogens (tertiary/aromatic N) is 4. The standard InChI is InChI=1S/C28H38N4O4S2.ClH/c1-20-12-17-24(36-5)25-26(20)37-28(29-25)32(19-9-18-30(2)3)27(33)21-13-15-23(16-14-21)38(34,35)31(4)22-10-7-6-8-11-22;/h12-17,22H,6-11,18-19H2,1-5H3;1H. The van der Waals surface area contributed by atoms with E-state index in [1.165, 1.54) is 15.6 Å². The fourth-order valence-electron chi connectivity index (χ4n) is 4.94. The lowest BCUT2D eigenvalue weighted by atomic mass is 9.96. The van der Waals surface area contributed by atoms with Gasteiger partial charge in [-0.3, -0.25) is 9.69 Å². The molecule has 0 aliphatic heterocycles. The van der Waals surface area contributed by atoms with Crippen LogP contribution in [0.2, 0.25) is 0 Å². The number of carbonyl (C=O) groups is 1. The van der Waals surface area contributed by atoms with E-state index in [1.54, 1.807) is 43.3 Å². The minimum absolute atomic E-state index is 0. The fraction of sp³-hybridized carbons (Fsp3) is 0.500. The third kappa shape index (κ3) is 6.92. The van der Waals surface area contributed by atoms with Crippen molar-refractivity contribution < 1.29 is 17.9 Å². The van der Waals surface area contributed by atoms with Crippen LogP contribution in [0.3, 0.4) is 0 Å². The van der Waals surface area contributed by atoms with Crippen LogP contribution in [0, 0.1) is 6.92 Å². The highest BCUT2D eigenvalue weighted by Crippen LogP contribution is 2.37. The average molecular weight is 595 g/mol. The summed E-state index contributed by atoms with van der Waals surface area (Å²) in [6.45, 7) is 3.33. The van der Waals surface area contributed by atoms with E-state index in [-0.39, 0.29) is 29.3 Å². The van der Waals surface area contributed by atoms with Gasteiger partial charge in [0.1, 0.15) is 11.3 Å². The van der Waals surface area contributed by atoms with Crippen molar-refractivity contribution in [3.05, 3.63) is 47.5 Å². The third-order valence-electron chi connectivity index (χ3n) is 7.24. The number of methoxy groups -OCH3 is 1. The van der Waals surface area contributed by atoms with Crippen LogP contribution in [0.4, 0.5) is 5.13 Å². The van der Waals surface area contributed by atoms with Crippen molar-refractivity contribution >= 4 is 55.0 Å². The van der Waals surface area contributed by atoms with E-state index in [2.05, 4.69) is 4.90 Å². The molecular formula is C28H39ClN4O4S2. The lowest BCUT2D eigenvalue weighted by Crippen LogP contribution is -2.38. The Bertz CT molecular complexity index is 1370. The van der Waals surface area contributed by atoms with Gasteiger partial charge in [-0.2, -0.15) is 4.31 Å². The first-order valence-electron chi connectivity index (χ1n) is 13.1. The number of fused-ring (bicyclic) bond motifs is 1. The summed E-state index contributed by atoms with van der Waals surface area (Å²) in [6, 6.07) is 10.2. The number of aromatic nitrogens is 1. The monoisotopic (exact) mass is 594 g/mol. The molecule has 1 aliphatic rings. The number of aryl methyl sites for hydroxylation is 1. The normalized spacial score (nSPS) is 14.5. The molecule has 39 heavy (non-hydrogen) atoms. The maximum absolute atomic E-state index is 13.8. The highest BCUT2D eigenvalue weighted by atomic mass is 35.5. The summed E-state index contributed by atoms with van der Waals surface area (Å²) < 4.78 is 34.5. The number of ether oxygens (including phenoxy) is 1. The molecule has 8 nitrogen and oxygen atoms in total. The van der Waals surface area contributed by atoms with Gasteiger partial charge in [0.25, 0.3) is 5.91 Å². The second kappa shape index (κ2) is 13.4. The second-order valence-corrected chi connectivity index (χ2v) is 13.2. The maximum Gasteiger partial charge on any atom is 0.260 e. The van der Waals surface area contributed by atoms with E-state index in [0.717, 1.165) is 60.8 Å². The Morgan fingerprint density at radius 1 is 1.03 bits per heavy atom. The highest BCUT2D eigenvalue weighted by Gasteiger charge is 2.30. The van der Waals surface area contributed by atoms with Crippen molar-refractivity contribution in [1.29, 1.82) is 0 Å². The quantitative estimate of drug-likeness (QED) is 0.304. The van der Waals surface area contributed by atoms with E-state index >= 15 is 0 Å². The molecule has 1 aliphatic carbocycles. The van der Waals surface area contributed by atoms with Gasteiger partial charge in [0, 0.05) is 25.2 Å². The van der Waals surface area contributed by atoms with Gasteiger partial charge in [-0.1, -0.05) is 36.7 Å². The smallest absolute Gasteiger partial charge is 0.260 e. The van der Waals surface area contributed by atoms with E-state index in [9.17, 15) is 13.2 Å². The molecule has 0 unspecified atom stereocenters. The number of anilines is 1. The Kier molecular flexibility index (Phi) is 10.8. The molecule has 0 radical (unpaired) electrons. The van der Waals surface area contributed by atoms with Gasteiger partial charge < -0.3 is 9.64 Å². The zero-order valence-corrected chi connectivity index (χ0v) is 25.8. The van der Waals surface area contributed by atoms with Crippen LogP contribution in [0.1, 0.15) is 54.4 Å². The summed E-state index contributed by atoms with van der Waals surface area (Å²) in [7, 11) is 3.66. The molecule has 1 amide bonds. The van der Waals surface area contributed by atoms with Crippen LogP contribution < -0.4 is 9.64 Å². The van der Waals surface area contributed by atoms with Crippen molar-refractivity contribution in [3.8, 4) is 5.75 Å². The molecule has 4 rings (SSSR count). The Morgan fingerprint density at radius 3 is 2.31 bits per heavy atom. The molecular weight excluding hydrogens is 556 g/mol. The zero-order valence-electron chi connectivity index (χ0n) is 23.3. The van der Waals surface area contributed by atoms with Crippen LogP contribution in [0.5, 0.6) is 5.75 Å². The minimum Gasteiger partial charge on any atom is -0.494 e. The van der Waals surface area contributed by atoms with E-state index in [4.69, 9.17) is 9.72 Å². The first kappa shape index (κ1) is 31.3. The van der Waals surface area contributed by atoms with Crippen molar-refractivity contribution in [2.24, 2.45) is 0 Å². The topological polar surface area (TPSA) is 83.0 Å². The van der Waals surface area contributed by atoms with Crippen LogP contribution in [0.15, 0.2) is 41.3 Å². The van der Waals surface area contributed by atoms with Crippen LogP contribution >= 0.6 is 23.7 Å². The van der Waals surface area contributed by atoms with Crippen molar-refractivity contribution in [3.63, 3.8) is 0 Å². The number of rotatable bonds is 10. The fourth-order valence-corrected chi connectivity index (χ4v) is 7.43. The predicted octanol–water partition coefficient (Wildman–Crippen LogP) is 5.59. The molecule has 1 aromatic heterocycles. The summed E-state index contributed by atoms with van der Waals surface area (Å²) in [5, 5.41) is 0.602. The number of sulfonamides is 1. The van der Waals surface area contributed by atoms with Gasteiger partial charge in [0.2, 0.25) is 10.0 Å². The number of amides is 1. The van der Waals surface area contributed by atoms with Crippen LogP contribution in [-0.4, -0.2) is 75.9 Å². The zero-order chi connectivity index (χ0) is 27.4. The van der Waals surface area contributed by atoms with Crippen LogP contribution in [0.25, 0.3) is 10.2 Å². The number of halogens is 1. The molecule has 1 fully saturated rings. The second-order valence-electron chi connectivity index (χ2n) is 10.2. The summed E-state index contributed by atoms with van der Waals surface area (Å²) in [5.41, 5.74) is 2.24. The molecule has 214 valence electrons. The van der Waals surface area contributed by atoms with Crippen molar-refractivity contribution in [1.82, 2.24) is 14.2 Å². The van der Waals surface area contributed by atoms with Gasteiger partial charge in [0.15, 0.2) is 5.13 Å². The molecule has 0 atom stereocenters. The average Bonchev–Trinajstić information content (AvgIpc) is 3.37. The molecule has 0 saturated heterocycles. The van der Waals surface area contributed by atoms with Crippen molar-refractivity contribution in [2.75, 3.05) is 46.2 Å². The predicted molar refractivity (Wildman–Crippen MR) is 161 cm³/mol. The summed E-state index contributed by atoms with van der Waals surface area (Å²) >= 11 is 1.47. The molecule has 0 N–H and O–H groups in total. The maximum atomic E-state index is 13.8. The van der Waals surface area contributed by atoms with Crippen LogP contribution in [-0.2, 0) is 10.0 Å². The lowest BCUT2D eigenvalue weighted by molar-refractivity contribution is 0.0986. The molecule has 1 heterocycles. The SMILES string of the molecule is COc1ccc(C)c2sc(N(CCCN(C)C)C(=O)c3ccc(S(=O)(=O)N(C)C4CCCCC4)cc3)nc12.Cl. The number of hydrogen-bond acceptors (Lipinski definition) is 7. The molecule has 1 saturated carbocycles. The lowest BCUT2D eigenvalue weighted by Gasteiger charge is -2.30. The Hall–Kier alpha value is -2.24. The van der Waals surface area contributed by atoms with Gasteiger partial charge in [0.05, 0.1) is 16.7 Å². The molecule has 0 bridgehead atoms. The first-order chi connectivity index (χ1) is 18.1. The molecule has 11 heteroatoms. The third-order valence-corrected chi connectivity index (χ3v) is 10.4. The Balaban J connectivity index is 0.00000420. The van der Waals surface area contributed by atoms with Gasteiger partial charge in [-0.15, -0.1) is 12.4 Å². The van der Waals surface area contributed by atoms with E-state index in [1.807, 2.05) is 33.2 Å². The Labute approximate surface area is 242 Å². The number of carbonyl (C=O) groups excluding carboxylic acids is 1. The van der Waals surface area contributed by atoms with E-state index < -0.39 is 10.0 Å². The highest BCUT2D eigenvalue weighted by molar-refractivity contribution is 7.89. The van der Waals surface area contributed by atoms with Crippen molar-refractivity contribution in [2.45, 2.75) is 56.4 Å². The number of benzene rings is 2. The van der Waals surface area contributed by atoms with Gasteiger partial charge in [-0.05, 0) is 82.7 Å². The molecule has 3 aromatic rings. The van der Waals surface area contributed by atoms with Gasteiger partial charge >= 0.3 is 0 Å².